The predicted molar refractivity (Wildman–Crippen MR) is 71.1 cm³/mol. The van der Waals surface area contributed by atoms with E-state index in [1.165, 1.54) is 12.1 Å². The summed E-state index contributed by atoms with van der Waals surface area (Å²) in [6, 6.07) is 12.8. The Labute approximate surface area is 109 Å². The van der Waals surface area contributed by atoms with Crippen molar-refractivity contribution in [2.75, 3.05) is 0 Å². The molecule has 0 unspecified atom stereocenters. The summed E-state index contributed by atoms with van der Waals surface area (Å²) in [7, 11) is -4.63. The minimum atomic E-state index is -4.63. The number of rotatable bonds is 1. The summed E-state index contributed by atoms with van der Waals surface area (Å²) in [4.78, 5) is -0.281. The van der Waals surface area contributed by atoms with Crippen LogP contribution in [-0.2, 0) is 10.1 Å². The van der Waals surface area contributed by atoms with Crippen LogP contribution in [-0.4, -0.2) is 18.1 Å². The molecule has 0 spiro atoms. The minimum Gasteiger partial charge on any atom is -0.744 e. The van der Waals surface area contributed by atoms with E-state index in [2.05, 4.69) is 0 Å². The van der Waals surface area contributed by atoms with Gasteiger partial charge < -0.3 is 9.66 Å². The Balaban J connectivity index is 2.73. The van der Waals surface area contributed by atoms with Crippen molar-refractivity contribution in [3.05, 3.63) is 48.5 Å². The SMILES string of the molecule is O=S(=O)([O-])c1c2ccccc2c(O)c2ccccc12. The first-order chi connectivity index (χ1) is 9.00. The zero-order valence-electron chi connectivity index (χ0n) is 9.70. The van der Waals surface area contributed by atoms with Gasteiger partial charge in [0.15, 0.2) is 0 Å². The number of phenols is 1. The van der Waals surface area contributed by atoms with Gasteiger partial charge in [-0.1, -0.05) is 48.5 Å². The van der Waals surface area contributed by atoms with E-state index >= 15 is 0 Å². The molecular formula is C14H9O4S-. The number of hydrogen-bond donors (Lipinski definition) is 1. The second-order valence-corrected chi connectivity index (χ2v) is 5.54. The predicted octanol–water partition coefficient (Wildman–Crippen LogP) is 2.60. The van der Waals surface area contributed by atoms with Crippen LogP contribution in [0.25, 0.3) is 21.5 Å². The highest BCUT2D eigenvalue weighted by atomic mass is 32.2. The van der Waals surface area contributed by atoms with Gasteiger partial charge in [-0.25, -0.2) is 8.42 Å². The van der Waals surface area contributed by atoms with Crippen molar-refractivity contribution in [1.82, 2.24) is 0 Å². The third-order valence-electron chi connectivity index (χ3n) is 3.10. The molecule has 5 heteroatoms. The summed E-state index contributed by atoms with van der Waals surface area (Å²) >= 11 is 0. The number of hydrogen-bond acceptors (Lipinski definition) is 4. The number of benzene rings is 3. The van der Waals surface area contributed by atoms with E-state index in [0.717, 1.165) is 0 Å². The smallest absolute Gasteiger partial charge is 0.131 e. The molecule has 0 atom stereocenters. The van der Waals surface area contributed by atoms with Gasteiger partial charge in [-0.05, 0) is 0 Å². The summed E-state index contributed by atoms with van der Waals surface area (Å²) in [5.74, 6) is -0.0152. The highest BCUT2D eigenvalue weighted by Gasteiger charge is 2.16. The van der Waals surface area contributed by atoms with Gasteiger partial charge in [0, 0.05) is 21.5 Å². The third kappa shape index (κ3) is 1.75. The van der Waals surface area contributed by atoms with Crippen molar-refractivity contribution in [2.45, 2.75) is 4.90 Å². The van der Waals surface area contributed by atoms with Crippen molar-refractivity contribution in [1.29, 1.82) is 0 Å². The van der Waals surface area contributed by atoms with Crippen LogP contribution in [0.2, 0.25) is 0 Å². The highest BCUT2D eigenvalue weighted by molar-refractivity contribution is 7.86. The molecule has 3 aromatic carbocycles. The van der Waals surface area contributed by atoms with Crippen molar-refractivity contribution >= 4 is 31.7 Å². The van der Waals surface area contributed by atoms with Gasteiger partial charge in [-0.2, -0.15) is 0 Å². The quantitative estimate of drug-likeness (QED) is 0.546. The van der Waals surface area contributed by atoms with Gasteiger partial charge in [-0.15, -0.1) is 0 Å². The molecule has 4 nitrogen and oxygen atoms in total. The molecule has 0 bridgehead atoms. The van der Waals surface area contributed by atoms with Gasteiger partial charge in [0.2, 0.25) is 0 Å². The van der Waals surface area contributed by atoms with E-state index in [0.29, 0.717) is 10.8 Å². The van der Waals surface area contributed by atoms with Crippen molar-refractivity contribution in [3.63, 3.8) is 0 Å². The maximum atomic E-state index is 11.5. The molecule has 0 amide bonds. The monoisotopic (exact) mass is 273 g/mol. The van der Waals surface area contributed by atoms with Crippen LogP contribution in [0.1, 0.15) is 0 Å². The first-order valence-corrected chi connectivity index (χ1v) is 6.99. The first-order valence-electron chi connectivity index (χ1n) is 5.58. The average molecular weight is 273 g/mol. The van der Waals surface area contributed by atoms with Gasteiger partial charge >= 0.3 is 0 Å². The van der Waals surface area contributed by atoms with Crippen molar-refractivity contribution in [2.24, 2.45) is 0 Å². The molecule has 0 radical (unpaired) electrons. The van der Waals surface area contributed by atoms with Crippen molar-refractivity contribution in [3.8, 4) is 5.75 Å². The van der Waals surface area contributed by atoms with Crippen LogP contribution < -0.4 is 0 Å². The maximum Gasteiger partial charge on any atom is 0.131 e. The van der Waals surface area contributed by atoms with E-state index in [1.807, 2.05) is 0 Å². The zero-order valence-corrected chi connectivity index (χ0v) is 10.5. The van der Waals surface area contributed by atoms with Gasteiger partial charge in [0.05, 0.1) is 4.90 Å². The second-order valence-electron chi connectivity index (χ2n) is 4.22. The Hall–Kier alpha value is -2.11. The normalized spacial score (nSPS) is 12.1. The maximum absolute atomic E-state index is 11.5. The molecular weight excluding hydrogens is 264 g/mol. The molecule has 0 saturated heterocycles. The molecule has 0 fully saturated rings. The van der Waals surface area contributed by atoms with Crippen LogP contribution in [0.5, 0.6) is 5.75 Å². The summed E-state index contributed by atoms with van der Waals surface area (Å²) in [6.07, 6.45) is 0. The Morgan fingerprint density at radius 2 is 1.16 bits per heavy atom. The van der Waals surface area contributed by atoms with E-state index in [4.69, 9.17) is 0 Å². The molecule has 0 aliphatic carbocycles. The lowest BCUT2D eigenvalue weighted by molar-refractivity contribution is 0.464. The Kier molecular flexibility index (Phi) is 2.48. The van der Waals surface area contributed by atoms with Gasteiger partial charge in [-0.3, -0.25) is 0 Å². The first kappa shape index (κ1) is 12.0. The lowest BCUT2D eigenvalue weighted by Crippen LogP contribution is -2.01. The average Bonchev–Trinajstić information content (AvgIpc) is 2.38. The minimum absolute atomic E-state index is 0.0152. The molecule has 0 aliphatic rings. The molecule has 0 saturated carbocycles. The number of aromatic hydroxyl groups is 1. The number of phenolic OH excluding ortho intramolecular Hbond substituents is 1. The zero-order chi connectivity index (χ0) is 13.6. The fourth-order valence-corrected chi connectivity index (χ4v) is 3.23. The molecule has 19 heavy (non-hydrogen) atoms. The fraction of sp³-hybridized carbons (Fsp3) is 0. The summed E-state index contributed by atoms with van der Waals surface area (Å²) in [5.41, 5.74) is 0. The largest absolute Gasteiger partial charge is 0.744 e. The Bertz CT molecular complexity index is 841. The number of fused-ring (bicyclic) bond motifs is 2. The molecule has 96 valence electrons. The third-order valence-corrected chi connectivity index (χ3v) is 4.04. The summed E-state index contributed by atoms with van der Waals surface area (Å²) in [6.45, 7) is 0. The van der Waals surface area contributed by atoms with Crippen molar-refractivity contribution < 1.29 is 18.1 Å². The lowest BCUT2D eigenvalue weighted by atomic mass is 10.0. The molecule has 0 heterocycles. The van der Waals surface area contributed by atoms with E-state index in [-0.39, 0.29) is 21.4 Å². The van der Waals surface area contributed by atoms with Crippen LogP contribution >= 0.6 is 0 Å². The molecule has 3 aromatic rings. The Morgan fingerprint density at radius 3 is 1.53 bits per heavy atom. The van der Waals surface area contributed by atoms with E-state index < -0.39 is 10.1 Å². The van der Waals surface area contributed by atoms with Crippen LogP contribution in [0, 0.1) is 0 Å². The van der Waals surface area contributed by atoms with E-state index in [1.54, 1.807) is 36.4 Å². The van der Waals surface area contributed by atoms with E-state index in [9.17, 15) is 18.1 Å². The standard InChI is InChI=1S/C14H10O4S/c15-13-9-5-1-3-7-11(9)14(19(16,17)18)12-8-4-2-6-10(12)13/h1-8,15H,(H,16,17,18)/p-1. The molecule has 1 N–H and O–H groups in total. The Morgan fingerprint density at radius 1 is 0.789 bits per heavy atom. The molecule has 0 aliphatic heterocycles. The van der Waals surface area contributed by atoms with Crippen LogP contribution in [0.15, 0.2) is 53.4 Å². The summed E-state index contributed by atoms with van der Waals surface area (Å²) < 4.78 is 34.6. The highest BCUT2D eigenvalue weighted by Crippen LogP contribution is 2.39. The summed E-state index contributed by atoms with van der Waals surface area (Å²) in [5, 5.41) is 11.4. The fourth-order valence-electron chi connectivity index (χ4n) is 2.33. The van der Waals surface area contributed by atoms with Gasteiger partial charge in [0.25, 0.3) is 0 Å². The lowest BCUT2D eigenvalue weighted by Gasteiger charge is -2.15. The van der Waals surface area contributed by atoms with Crippen LogP contribution in [0.3, 0.4) is 0 Å². The van der Waals surface area contributed by atoms with Crippen LogP contribution in [0.4, 0.5) is 0 Å². The molecule has 0 aromatic heterocycles. The second kappa shape index (κ2) is 3.94. The molecule has 3 rings (SSSR count). The topological polar surface area (TPSA) is 77.4 Å². The van der Waals surface area contributed by atoms with Gasteiger partial charge in [0.1, 0.15) is 15.9 Å².